The lowest BCUT2D eigenvalue weighted by Crippen LogP contribution is -2.09. The summed E-state index contributed by atoms with van der Waals surface area (Å²) >= 11 is 1.66. The summed E-state index contributed by atoms with van der Waals surface area (Å²) in [5.41, 5.74) is 4.68. The van der Waals surface area contributed by atoms with Crippen molar-refractivity contribution in [1.29, 1.82) is 0 Å². The molecule has 4 rings (SSSR count). The molecule has 0 radical (unpaired) electrons. The number of hydrogen-bond acceptors (Lipinski definition) is 4. The molecule has 0 saturated heterocycles. The van der Waals surface area contributed by atoms with E-state index >= 15 is 0 Å². The van der Waals surface area contributed by atoms with Gasteiger partial charge in [0.25, 0.3) is 0 Å². The lowest BCUT2D eigenvalue weighted by molar-refractivity contribution is -0.139. The fraction of sp³-hybridized carbons (Fsp3) is 0.345. The molecule has 3 aromatic rings. The monoisotopic (exact) mass is 476 g/mol. The van der Waals surface area contributed by atoms with Crippen LogP contribution in [0.3, 0.4) is 0 Å². The summed E-state index contributed by atoms with van der Waals surface area (Å²) in [6, 6.07) is 21.0. The number of carboxylic acids is 1. The highest BCUT2D eigenvalue weighted by molar-refractivity contribution is 7.99. The summed E-state index contributed by atoms with van der Waals surface area (Å²) in [6.45, 7) is 4.22. The summed E-state index contributed by atoms with van der Waals surface area (Å²) in [4.78, 5) is 12.9. The summed E-state index contributed by atoms with van der Waals surface area (Å²) in [5.74, 6) is 1.24. The van der Waals surface area contributed by atoms with Gasteiger partial charge in [-0.1, -0.05) is 55.3 Å². The quantitative estimate of drug-likeness (QED) is 0.346. The number of ether oxygens (including phenoxy) is 2. The first-order valence-corrected chi connectivity index (χ1v) is 12.7. The molecule has 1 N–H and O–H groups in total. The van der Waals surface area contributed by atoms with Crippen molar-refractivity contribution in [1.82, 2.24) is 0 Å². The number of carboxylic acid groups (broad SMARTS) is 1. The molecular formula is C29H32O4S. The molecule has 1 fully saturated rings. The van der Waals surface area contributed by atoms with Crippen molar-refractivity contribution in [2.45, 2.75) is 68.3 Å². The van der Waals surface area contributed by atoms with Gasteiger partial charge in [-0.2, -0.15) is 0 Å². The summed E-state index contributed by atoms with van der Waals surface area (Å²) < 4.78 is 11.4. The van der Waals surface area contributed by atoms with Gasteiger partial charge in [0, 0.05) is 9.79 Å². The van der Waals surface area contributed by atoms with E-state index in [0.29, 0.717) is 12.4 Å². The first-order valence-electron chi connectivity index (χ1n) is 11.9. The zero-order valence-electron chi connectivity index (χ0n) is 19.9. The van der Waals surface area contributed by atoms with Gasteiger partial charge < -0.3 is 14.6 Å². The third-order valence-corrected chi connectivity index (χ3v) is 7.31. The Hall–Kier alpha value is -2.92. The summed E-state index contributed by atoms with van der Waals surface area (Å²) in [5, 5.41) is 8.79. The highest BCUT2D eigenvalue weighted by atomic mass is 32.2. The molecule has 4 nitrogen and oxygen atoms in total. The number of carbonyl (C=O) groups is 1. The fourth-order valence-electron chi connectivity index (χ4n) is 4.45. The van der Waals surface area contributed by atoms with Crippen molar-refractivity contribution >= 4 is 17.7 Å². The average Bonchev–Trinajstić information content (AvgIpc) is 2.84. The topological polar surface area (TPSA) is 55.8 Å². The molecule has 1 aliphatic carbocycles. The van der Waals surface area contributed by atoms with Crippen molar-refractivity contribution in [2.24, 2.45) is 0 Å². The number of hydrogen-bond donors (Lipinski definition) is 1. The van der Waals surface area contributed by atoms with E-state index in [1.54, 1.807) is 11.8 Å². The van der Waals surface area contributed by atoms with E-state index in [1.165, 1.54) is 43.2 Å². The predicted molar refractivity (Wildman–Crippen MR) is 136 cm³/mol. The van der Waals surface area contributed by atoms with E-state index in [2.05, 4.69) is 43.3 Å². The van der Waals surface area contributed by atoms with E-state index in [0.717, 1.165) is 32.6 Å². The second kappa shape index (κ2) is 11.5. The molecule has 178 valence electrons. The zero-order valence-corrected chi connectivity index (χ0v) is 20.7. The van der Waals surface area contributed by atoms with Gasteiger partial charge in [-0.15, -0.1) is 0 Å². The lowest BCUT2D eigenvalue weighted by Gasteiger charge is -2.22. The van der Waals surface area contributed by atoms with Crippen LogP contribution in [0.25, 0.3) is 0 Å². The average molecular weight is 477 g/mol. The number of aliphatic carboxylic acids is 1. The van der Waals surface area contributed by atoms with E-state index in [9.17, 15) is 4.79 Å². The molecule has 0 spiro atoms. The third kappa shape index (κ3) is 6.57. The second-order valence-electron chi connectivity index (χ2n) is 9.00. The standard InChI is InChI=1S/C29H32O4S/c1-20-16-25(34-26-13-15-28(21(2)17-26)33-19-29(30)31)12-14-27(20)32-18-22-8-10-24(11-9-22)23-6-4-3-5-7-23/h8-17,23H,3-7,18-19H2,1-2H3,(H,30,31). The Kier molecular flexibility index (Phi) is 8.17. The Morgan fingerprint density at radius 3 is 2.00 bits per heavy atom. The van der Waals surface area contributed by atoms with Crippen LogP contribution < -0.4 is 9.47 Å². The maximum atomic E-state index is 10.7. The van der Waals surface area contributed by atoms with Crippen LogP contribution in [0.2, 0.25) is 0 Å². The van der Waals surface area contributed by atoms with Gasteiger partial charge in [-0.3, -0.25) is 0 Å². The number of aryl methyl sites for hydroxylation is 2. The molecule has 0 heterocycles. The molecule has 0 bridgehead atoms. The van der Waals surface area contributed by atoms with E-state index in [1.807, 2.05) is 31.2 Å². The Balaban J connectivity index is 1.33. The van der Waals surface area contributed by atoms with Crippen LogP contribution in [0.15, 0.2) is 70.5 Å². The van der Waals surface area contributed by atoms with Crippen molar-refractivity contribution in [3.05, 3.63) is 82.9 Å². The smallest absolute Gasteiger partial charge is 0.341 e. The highest BCUT2D eigenvalue weighted by Crippen LogP contribution is 2.34. The first kappa shape index (κ1) is 24.2. The van der Waals surface area contributed by atoms with Crippen molar-refractivity contribution in [2.75, 3.05) is 6.61 Å². The van der Waals surface area contributed by atoms with Crippen LogP contribution in [0.4, 0.5) is 0 Å². The third-order valence-electron chi connectivity index (χ3n) is 6.33. The first-order chi connectivity index (χ1) is 16.5. The van der Waals surface area contributed by atoms with Gasteiger partial charge in [0.2, 0.25) is 0 Å². The summed E-state index contributed by atoms with van der Waals surface area (Å²) in [6.07, 6.45) is 6.74. The molecule has 0 aliphatic heterocycles. The SMILES string of the molecule is Cc1cc(Sc2ccc(OCc3ccc(C4CCCCC4)cc3)c(C)c2)ccc1OCC(=O)O. The maximum Gasteiger partial charge on any atom is 0.341 e. The van der Waals surface area contributed by atoms with Crippen LogP contribution in [-0.4, -0.2) is 17.7 Å². The van der Waals surface area contributed by atoms with Crippen molar-refractivity contribution < 1.29 is 19.4 Å². The van der Waals surface area contributed by atoms with Gasteiger partial charge in [0.1, 0.15) is 18.1 Å². The number of benzene rings is 3. The molecule has 0 unspecified atom stereocenters. The van der Waals surface area contributed by atoms with Crippen molar-refractivity contribution in [3.8, 4) is 11.5 Å². The summed E-state index contributed by atoms with van der Waals surface area (Å²) in [7, 11) is 0. The minimum atomic E-state index is -0.980. The molecule has 1 saturated carbocycles. The van der Waals surface area contributed by atoms with Gasteiger partial charge in [0.05, 0.1) is 0 Å². The Bertz CT molecular complexity index is 1120. The normalized spacial score (nSPS) is 14.1. The Morgan fingerprint density at radius 1 is 0.853 bits per heavy atom. The minimum Gasteiger partial charge on any atom is -0.489 e. The zero-order chi connectivity index (χ0) is 23.9. The Labute approximate surface area is 206 Å². The van der Waals surface area contributed by atoms with Gasteiger partial charge in [-0.05, 0) is 91.3 Å². The molecule has 3 aromatic carbocycles. The molecule has 1 aliphatic rings. The van der Waals surface area contributed by atoms with Gasteiger partial charge in [-0.25, -0.2) is 4.79 Å². The van der Waals surface area contributed by atoms with E-state index in [-0.39, 0.29) is 6.61 Å². The second-order valence-corrected chi connectivity index (χ2v) is 10.2. The molecule has 34 heavy (non-hydrogen) atoms. The predicted octanol–water partition coefficient (Wildman–Crippen LogP) is 7.54. The molecule has 0 aromatic heterocycles. The molecule has 5 heteroatoms. The van der Waals surface area contributed by atoms with Crippen molar-refractivity contribution in [3.63, 3.8) is 0 Å². The van der Waals surface area contributed by atoms with Crippen LogP contribution in [0.5, 0.6) is 11.5 Å². The number of rotatable bonds is 9. The molecule has 0 atom stereocenters. The van der Waals surface area contributed by atoms with Crippen LogP contribution in [0, 0.1) is 13.8 Å². The van der Waals surface area contributed by atoms with Crippen LogP contribution in [0.1, 0.15) is 60.3 Å². The fourth-order valence-corrected chi connectivity index (χ4v) is 5.47. The van der Waals surface area contributed by atoms with Gasteiger partial charge in [0.15, 0.2) is 6.61 Å². The molecular weight excluding hydrogens is 444 g/mol. The molecule has 0 amide bonds. The lowest BCUT2D eigenvalue weighted by atomic mass is 9.84. The van der Waals surface area contributed by atoms with Crippen LogP contribution in [-0.2, 0) is 11.4 Å². The minimum absolute atomic E-state index is 0.335. The highest BCUT2D eigenvalue weighted by Gasteiger charge is 2.15. The Morgan fingerprint density at radius 2 is 1.44 bits per heavy atom. The van der Waals surface area contributed by atoms with Crippen LogP contribution >= 0.6 is 11.8 Å². The van der Waals surface area contributed by atoms with Gasteiger partial charge >= 0.3 is 5.97 Å². The largest absolute Gasteiger partial charge is 0.489 e. The maximum absolute atomic E-state index is 10.7. The van der Waals surface area contributed by atoms with E-state index < -0.39 is 5.97 Å². The van der Waals surface area contributed by atoms with E-state index in [4.69, 9.17) is 14.6 Å².